The third kappa shape index (κ3) is 4.88. The van der Waals surface area contributed by atoms with Crippen LogP contribution < -0.4 is 10.1 Å². The van der Waals surface area contributed by atoms with E-state index < -0.39 is 17.8 Å². The Hall–Kier alpha value is -3.42. The summed E-state index contributed by atoms with van der Waals surface area (Å²) in [7, 11) is 3.05. The molecule has 0 unspecified atom stereocenters. The number of benzene rings is 3. The van der Waals surface area contributed by atoms with Crippen LogP contribution in [0.5, 0.6) is 5.75 Å². The fourth-order valence-corrected chi connectivity index (χ4v) is 4.64. The van der Waals surface area contributed by atoms with Crippen molar-refractivity contribution >= 4 is 29.1 Å². The maximum absolute atomic E-state index is 13.9. The first kappa shape index (κ1) is 24.7. The molecule has 35 heavy (non-hydrogen) atoms. The summed E-state index contributed by atoms with van der Waals surface area (Å²) in [5.74, 6) is -1.30. The molecule has 4 rings (SSSR count). The number of amides is 2. The maximum atomic E-state index is 13.9. The van der Waals surface area contributed by atoms with Crippen molar-refractivity contribution in [2.75, 3.05) is 32.7 Å². The van der Waals surface area contributed by atoms with Gasteiger partial charge in [-0.05, 0) is 47.9 Å². The Balaban J connectivity index is 1.84. The third-order valence-electron chi connectivity index (χ3n) is 6.21. The smallest absolute Gasteiger partial charge is 0.254 e. The summed E-state index contributed by atoms with van der Waals surface area (Å²) in [5, 5.41) is 3.49. The normalized spacial score (nSPS) is 17.2. The number of methoxy groups -OCH3 is 2. The Morgan fingerprint density at radius 1 is 1.11 bits per heavy atom. The highest BCUT2D eigenvalue weighted by Gasteiger charge is 2.44. The molecule has 1 heterocycles. The second-order valence-electron chi connectivity index (χ2n) is 8.34. The van der Waals surface area contributed by atoms with Crippen LogP contribution in [0, 0.1) is 12.7 Å². The largest absolute Gasteiger partial charge is 0.495 e. The number of hydrogen-bond acceptors (Lipinski definition) is 4. The standard InChI is InChI=1S/C27H26ClFN2O4/c1-16-14-22(23(35-3)15-21(16)28)30-26(32)24-19-6-4-5-7-20(19)27(33)31(12-13-34-2)25(24)17-8-10-18(29)11-9-17/h4-11,14-15,24-25H,12-13H2,1-3H3,(H,30,32)/t24-,25+/m0/s1. The Labute approximate surface area is 208 Å². The molecule has 6 nitrogen and oxygen atoms in total. The van der Waals surface area contributed by atoms with E-state index >= 15 is 0 Å². The Bertz CT molecular complexity index is 1250. The van der Waals surface area contributed by atoms with Crippen LogP contribution in [0.4, 0.5) is 10.1 Å². The van der Waals surface area contributed by atoms with Crippen LogP contribution >= 0.6 is 11.6 Å². The number of carbonyl (C=O) groups is 2. The monoisotopic (exact) mass is 496 g/mol. The first-order valence-corrected chi connectivity index (χ1v) is 11.5. The molecule has 0 aliphatic carbocycles. The predicted octanol–water partition coefficient (Wildman–Crippen LogP) is 5.36. The summed E-state index contributed by atoms with van der Waals surface area (Å²) in [6.07, 6.45) is 0. The molecule has 0 saturated carbocycles. The molecule has 3 aromatic carbocycles. The number of carbonyl (C=O) groups excluding carboxylic acids is 2. The van der Waals surface area contributed by atoms with Crippen LogP contribution in [0.15, 0.2) is 60.7 Å². The summed E-state index contributed by atoms with van der Waals surface area (Å²) in [6.45, 7) is 2.38. The van der Waals surface area contributed by atoms with Gasteiger partial charge in [0.05, 0.1) is 31.4 Å². The summed E-state index contributed by atoms with van der Waals surface area (Å²) < 4.78 is 24.4. The Morgan fingerprint density at radius 2 is 1.83 bits per heavy atom. The molecule has 3 aromatic rings. The third-order valence-corrected chi connectivity index (χ3v) is 6.61. The van der Waals surface area contributed by atoms with Crippen molar-refractivity contribution in [2.45, 2.75) is 18.9 Å². The number of nitrogens with one attached hydrogen (secondary N) is 1. The molecule has 0 spiro atoms. The molecule has 2 atom stereocenters. The molecule has 0 saturated heterocycles. The van der Waals surface area contributed by atoms with Crippen LogP contribution in [-0.2, 0) is 9.53 Å². The minimum atomic E-state index is -0.771. The number of nitrogens with zero attached hydrogens (tertiary/aromatic N) is 1. The van der Waals surface area contributed by atoms with E-state index in [0.717, 1.165) is 5.56 Å². The predicted molar refractivity (Wildman–Crippen MR) is 133 cm³/mol. The average molecular weight is 497 g/mol. The topological polar surface area (TPSA) is 67.9 Å². The fraction of sp³-hybridized carbons (Fsp3) is 0.259. The van der Waals surface area contributed by atoms with E-state index in [4.69, 9.17) is 21.1 Å². The van der Waals surface area contributed by atoms with E-state index in [-0.39, 0.29) is 25.0 Å². The average Bonchev–Trinajstić information content (AvgIpc) is 2.86. The van der Waals surface area contributed by atoms with Gasteiger partial charge in [0.2, 0.25) is 5.91 Å². The number of ether oxygens (including phenoxy) is 2. The molecule has 0 radical (unpaired) electrons. The number of halogens is 2. The molecular formula is C27H26ClFN2O4. The SMILES string of the molecule is COCCN1C(=O)c2ccccc2[C@H](C(=O)Nc2cc(C)c(Cl)cc2OC)[C@H]1c1ccc(F)cc1. The highest BCUT2D eigenvalue weighted by atomic mass is 35.5. The van der Waals surface area contributed by atoms with Gasteiger partial charge in [-0.3, -0.25) is 9.59 Å². The summed E-state index contributed by atoms with van der Waals surface area (Å²) in [6, 6.07) is 15.6. The molecule has 1 aliphatic heterocycles. The number of rotatable bonds is 7. The van der Waals surface area contributed by atoms with E-state index in [1.807, 2.05) is 6.92 Å². The lowest BCUT2D eigenvalue weighted by Crippen LogP contribution is -2.47. The van der Waals surface area contributed by atoms with Gasteiger partial charge < -0.3 is 19.7 Å². The fourth-order valence-electron chi connectivity index (χ4n) is 4.48. The molecule has 0 fully saturated rings. The first-order valence-electron chi connectivity index (χ1n) is 11.1. The summed E-state index contributed by atoms with van der Waals surface area (Å²) >= 11 is 6.24. The van der Waals surface area contributed by atoms with Crippen molar-refractivity contribution < 1.29 is 23.5 Å². The summed E-state index contributed by atoms with van der Waals surface area (Å²) in [4.78, 5) is 29.1. The molecule has 182 valence electrons. The highest BCUT2D eigenvalue weighted by molar-refractivity contribution is 6.31. The van der Waals surface area contributed by atoms with E-state index in [1.54, 1.807) is 60.5 Å². The van der Waals surface area contributed by atoms with E-state index in [0.29, 0.717) is 33.1 Å². The van der Waals surface area contributed by atoms with E-state index in [2.05, 4.69) is 5.32 Å². The van der Waals surface area contributed by atoms with Gasteiger partial charge in [0.1, 0.15) is 11.6 Å². The van der Waals surface area contributed by atoms with Crippen molar-refractivity contribution in [1.82, 2.24) is 4.90 Å². The lowest BCUT2D eigenvalue weighted by Gasteiger charge is -2.41. The van der Waals surface area contributed by atoms with Gasteiger partial charge in [0.15, 0.2) is 0 Å². The zero-order chi connectivity index (χ0) is 25.1. The number of fused-ring (bicyclic) bond motifs is 1. The summed E-state index contributed by atoms with van der Waals surface area (Å²) in [5.41, 5.74) is 2.93. The lowest BCUT2D eigenvalue weighted by atomic mass is 9.79. The van der Waals surface area contributed by atoms with Crippen molar-refractivity contribution in [3.05, 3.63) is 93.8 Å². The van der Waals surface area contributed by atoms with Gasteiger partial charge in [-0.15, -0.1) is 0 Å². The second kappa shape index (κ2) is 10.5. The van der Waals surface area contributed by atoms with Crippen LogP contribution in [0.25, 0.3) is 0 Å². The van der Waals surface area contributed by atoms with Crippen LogP contribution in [0.2, 0.25) is 5.02 Å². The van der Waals surface area contributed by atoms with Crippen LogP contribution in [0.3, 0.4) is 0 Å². The number of anilines is 1. The van der Waals surface area contributed by atoms with Gasteiger partial charge >= 0.3 is 0 Å². The Morgan fingerprint density at radius 3 is 2.51 bits per heavy atom. The zero-order valence-electron chi connectivity index (χ0n) is 19.7. The molecule has 2 amide bonds. The molecule has 1 N–H and O–H groups in total. The first-order chi connectivity index (χ1) is 16.8. The molecule has 1 aliphatic rings. The van der Waals surface area contributed by atoms with Gasteiger partial charge in [-0.25, -0.2) is 4.39 Å². The lowest BCUT2D eigenvalue weighted by molar-refractivity contribution is -0.119. The number of aryl methyl sites for hydroxylation is 1. The van der Waals surface area contributed by atoms with Crippen molar-refractivity contribution in [1.29, 1.82) is 0 Å². The minimum Gasteiger partial charge on any atom is -0.495 e. The van der Waals surface area contributed by atoms with E-state index in [1.165, 1.54) is 19.2 Å². The van der Waals surface area contributed by atoms with Crippen LogP contribution in [-0.4, -0.2) is 44.1 Å². The molecule has 8 heteroatoms. The van der Waals surface area contributed by atoms with Crippen molar-refractivity contribution in [2.24, 2.45) is 0 Å². The quantitative estimate of drug-likeness (QED) is 0.478. The second-order valence-corrected chi connectivity index (χ2v) is 8.75. The molecule has 0 aromatic heterocycles. The minimum absolute atomic E-state index is 0.212. The highest BCUT2D eigenvalue weighted by Crippen LogP contribution is 2.44. The number of hydrogen-bond donors (Lipinski definition) is 1. The van der Waals surface area contributed by atoms with Gasteiger partial charge in [0.25, 0.3) is 5.91 Å². The van der Waals surface area contributed by atoms with E-state index in [9.17, 15) is 14.0 Å². The molecular weight excluding hydrogens is 471 g/mol. The maximum Gasteiger partial charge on any atom is 0.254 e. The van der Waals surface area contributed by atoms with Crippen LogP contribution in [0.1, 0.15) is 39.0 Å². The zero-order valence-corrected chi connectivity index (χ0v) is 20.4. The van der Waals surface area contributed by atoms with Gasteiger partial charge in [-0.1, -0.05) is 41.9 Å². The molecule has 0 bridgehead atoms. The van der Waals surface area contributed by atoms with Gasteiger partial charge in [0, 0.05) is 30.3 Å². The van der Waals surface area contributed by atoms with Crippen molar-refractivity contribution in [3.8, 4) is 5.75 Å². The van der Waals surface area contributed by atoms with Crippen molar-refractivity contribution in [3.63, 3.8) is 0 Å². The van der Waals surface area contributed by atoms with Gasteiger partial charge in [-0.2, -0.15) is 0 Å². The Kier molecular flexibility index (Phi) is 7.38.